The monoisotopic (exact) mass is 647 g/mol. The second-order valence-electron chi connectivity index (χ2n) is 13.4. The van der Waals surface area contributed by atoms with Gasteiger partial charge in [-0.25, -0.2) is 0 Å². The standard InChI is InChI=1S/C37H43F6NO2/c1-23(2)7-16-34(26-10-14-32(15-11-26)37(41,42)43)44-17-5-6-27(22-44)29-19-28(25-8-12-31(13-9-25)36(38,39)40)20-30(21-29)33(35(45)46)18-24(3)4/h8-15,19-21,23-24,27,33-34H,5-7,16-18,22H2,1-4H3,(H,45,46)/t27?,33-,34?/m1/s1. The lowest BCUT2D eigenvalue weighted by atomic mass is 9.82. The first-order valence-electron chi connectivity index (χ1n) is 16.0. The molecule has 1 fully saturated rings. The SMILES string of the molecule is CC(C)CCC(c1ccc(C(F)(F)F)cc1)N1CCCC(c2cc(-c3ccc(C(F)(F)F)cc3)cc([C@@H](CC(C)C)C(=O)O)c2)C1. The van der Waals surface area contributed by atoms with Crippen molar-refractivity contribution < 1.29 is 36.2 Å². The summed E-state index contributed by atoms with van der Waals surface area (Å²) >= 11 is 0. The van der Waals surface area contributed by atoms with Gasteiger partial charge in [-0.15, -0.1) is 0 Å². The van der Waals surface area contributed by atoms with E-state index < -0.39 is 35.4 Å². The highest BCUT2D eigenvalue weighted by molar-refractivity contribution is 5.78. The largest absolute Gasteiger partial charge is 0.481 e. The van der Waals surface area contributed by atoms with Crippen LogP contribution in [0.4, 0.5) is 26.3 Å². The summed E-state index contributed by atoms with van der Waals surface area (Å²) in [6.45, 7) is 9.54. The molecule has 0 amide bonds. The number of hydrogen-bond donors (Lipinski definition) is 1. The molecule has 0 aromatic heterocycles. The third kappa shape index (κ3) is 9.14. The molecule has 0 aliphatic carbocycles. The lowest BCUT2D eigenvalue weighted by Gasteiger charge is -2.39. The summed E-state index contributed by atoms with van der Waals surface area (Å²) in [7, 11) is 0. The van der Waals surface area contributed by atoms with Crippen LogP contribution >= 0.6 is 0 Å². The third-order valence-corrected chi connectivity index (χ3v) is 8.94. The smallest absolute Gasteiger partial charge is 0.416 e. The molecule has 1 heterocycles. The van der Waals surface area contributed by atoms with Crippen molar-refractivity contribution in [2.75, 3.05) is 13.1 Å². The molecule has 1 aliphatic heterocycles. The van der Waals surface area contributed by atoms with Gasteiger partial charge < -0.3 is 5.11 Å². The Balaban J connectivity index is 1.72. The predicted molar refractivity (Wildman–Crippen MR) is 169 cm³/mol. The first kappa shape index (κ1) is 35.5. The number of hydrogen-bond acceptors (Lipinski definition) is 2. The Kier molecular flexibility index (Phi) is 11.3. The Labute approximate surface area is 267 Å². The van der Waals surface area contributed by atoms with E-state index in [0.717, 1.165) is 67.6 Å². The molecule has 0 spiro atoms. The molecule has 2 unspecified atom stereocenters. The van der Waals surface area contributed by atoms with E-state index in [4.69, 9.17) is 0 Å². The molecule has 3 atom stereocenters. The van der Waals surface area contributed by atoms with Gasteiger partial charge in [0.15, 0.2) is 0 Å². The Hall–Kier alpha value is -3.33. The fourth-order valence-electron chi connectivity index (χ4n) is 6.49. The molecule has 0 saturated carbocycles. The van der Waals surface area contributed by atoms with Crippen molar-refractivity contribution in [2.45, 2.75) is 90.0 Å². The Morgan fingerprint density at radius 2 is 1.37 bits per heavy atom. The highest BCUT2D eigenvalue weighted by Gasteiger charge is 2.33. The molecule has 4 rings (SSSR count). The lowest BCUT2D eigenvalue weighted by molar-refractivity contribution is -0.139. The van der Waals surface area contributed by atoms with Crippen LogP contribution in [0.25, 0.3) is 11.1 Å². The van der Waals surface area contributed by atoms with Gasteiger partial charge in [0.2, 0.25) is 0 Å². The lowest BCUT2D eigenvalue weighted by Crippen LogP contribution is -2.37. The quantitative estimate of drug-likeness (QED) is 0.211. The minimum atomic E-state index is -4.47. The van der Waals surface area contributed by atoms with Crippen molar-refractivity contribution in [1.82, 2.24) is 4.90 Å². The molecule has 0 radical (unpaired) electrons. The van der Waals surface area contributed by atoms with Gasteiger partial charge in [-0.1, -0.05) is 70.2 Å². The first-order valence-corrected chi connectivity index (χ1v) is 16.0. The number of carboxylic acids is 1. The summed E-state index contributed by atoms with van der Waals surface area (Å²) < 4.78 is 79.8. The van der Waals surface area contributed by atoms with E-state index in [2.05, 4.69) is 18.7 Å². The van der Waals surface area contributed by atoms with E-state index >= 15 is 0 Å². The van der Waals surface area contributed by atoms with Crippen LogP contribution in [0.15, 0.2) is 66.7 Å². The fraction of sp³-hybridized carbons (Fsp3) is 0.486. The van der Waals surface area contributed by atoms with Crippen molar-refractivity contribution in [3.63, 3.8) is 0 Å². The molecule has 250 valence electrons. The zero-order valence-corrected chi connectivity index (χ0v) is 26.8. The number of rotatable bonds is 11. The van der Waals surface area contributed by atoms with Crippen molar-refractivity contribution in [3.8, 4) is 11.1 Å². The van der Waals surface area contributed by atoms with E-state index in [1.807, 2.05) is 26.0 Å². The molecule has 1 N–H and O–H groups in total. The number of piperidine rings is 1. The second-order valence-corrected chi connectivity index (χ2v) is 13.4. The molecule has 3 aromatic carbocycles. The number of carboxylic acid groups (broad SMARTS) is 1. The summed E-state index contributed by atoms with van der Waals surface area (Å²) in [6.07, 6.45) is -5.12. The minimum absolute atomic E-state index is 0.00592. The normalized spacial score (nSPS) is 17.8. The van der Waals surface area contributed by atoms with Gasteiger partial charge >= 0.3 is 18.3 Å². The van der Waals surface area contributed by atoms with Crippen LogP contribution < -0.4 is 0 Å². The summed E-state index contributed by atoms with van der Waals surface area (Å²) in [6, 6.07) is 15.9. The van der Waals surface area contributed by atoms with Gasteiger partial charge in [0.1, 0.15) is 0 Å². The summed E-state index contributed by atoms with van der Waals surface area (Å²) in [5.74, 6) is -1.21. The number of aliphatic carboxylic acids is 1. The molecular formula is C37H43F6NO2. The van der Waals surface area contributed by atoms with E-state index in [0.29, 0.717) is 35.6 Å². The summed E-state index contributed by atoms with van der Waals surface area (Å²) in [4.78, 5) is 14.8. The van der Waals surface area contributed by atoms with Crippen LogP contribution in [0.3, 0.4) is 0 Å². The average molecular weight is 648 g/mol. The summed E-state index contributed by atoms with van der Waals surface area (Å²) in [5.41, 5.74) is 2.15. The summed E-state index contributed by atoms with van der Waals surface area (Å²) in [5, 5.41) is 10.2. The Bertz CT molecular complexity index is 1440. The Morgan fingerprint density at radius 1 is 0.783 bits per heavy atom. The minimum Gasteiger partial charge on any atom is -0.481 e. The van der Waals surface area contributed by atoms with Crippen LogP contribution in [-0.2, 0) is 17.1 Å². The molecule has 3 nitrogen and oxygen atoms in total. The number of alkyl halides is 6. The van der Waals surface area contributed by atoms with Crippen LogP contribution in [0.2, 0.25) is 0 Å². The van der Waals surface area contributed by atoms with E-state index in [9.17, 15) is 36.2 Å². The number of likely N-dealkylation sites (tertiary alicyclic amines) is 1. The maximum Gasteiger partial charge on any atom is 0.416 e. The zero-order chi connectivity index (χ0) is 33.8. The molecular weight excluding hydrogens is 604 g/mol. The highest BCUT2D eigenvalue weighted by atomic mass is 19.4. The number of carbonyl (C=O) groups is 1. The predicted octanol–water partition coefficient (Wildman–Crippen LogP) is 11.0. The number of nitrogens with zero attached hydrogens (tertiary/aromatic N) is 1. The van der Waals surface area contributed by atoms with Crippen LogP contribution in [0.5, 0.6) is 0 Å². The van der Waals surface area contributed by atoms with Gasteiger partial charge in [0.25, 0.3) is 0 Å². The molecule has 9 heteroatoms. The maximum absolute atomic E-state index is 13.3. The third-order valence-electron chi connectivity index (χ3n) is 8.94. The van der Waals surface area contributed by atoms with E-state index in [1.54, 1.807) is 18.2 Å². The van der Waals surface area contributed by atoms with Crippen LogP contribution in [0.1, 0.15) is 105 Å². The zero-order valence-electron chi connectivity index (χ0n) is 26.8. The van der Waals surface area contributed by atoms with Crippen LogP contribution in [0, 0.1) is 11.8 Å². The van der Waals surface area contributed by atoms with Crippen molar-refractivity contribution in [3.05, 3.63) is 94.5 Å². The molecule has 1 aliphatic rings. The number of benzene rings is 3. The number of halogens is 6. The topological polar surface area (TPSA) is 40.5 Å². The van der Waals surface area contributed by atoms with Gasteiger partial charge in [-0.05, 0) is 108 Å². The average Bonchev–Trinajstić information content (AvgIpc) is 2.99. The van der Waals surface area contributed by atoms with Crippen molar-refractivity contribution in [2.24, 2.45) is 11.8 Å². The van der Waals surface area contributed by atoms with Gasteiger partial charge in [0, 0.05) is 12.6 Å². The van der Waals surface area contributed by atoms with Crippen molar-refractivity contribution in [1.29, 1.82) is 0 Å². The molecule has 46 heavy (non-hydrogen) atoms. The highest BCUT2D eigenvalue weighted by Crippen LogP contribution is 2.40. The van der Waals surface area contributed by atoms with Crippen molar-refractivity contribution >= 4 is 5.97 Å². The maximum atomic E-state index is 13.3. The molecule has 1 saturated heterocycles. The van der Waals surface area contributed by atoms with E-state index in [1.165, 1.54) is 12.1 Å². The first-order chi connectivity index (χ1) is 21.5. The van der Waals surface area contributed by atoms with Gasteiger partial charge in [-0.3, -0.25) is 9.69 Å². The Morgan fingerprint density at radius 3 is 1.89 bits per heavy atom. The van der Waals surface area contributed by atoms with E-state index in [-0.39, 0.29) is 17.9 Å². The molecule has 3 aromatic rings. The molecule has 0 bridgehead atoms. The second kappa shape index (κ2) is 14.6. The van der Waals surface area contributed by atoms with Gasteiger partial charge in [0.05, 0.1) is 17.0 Å². The van der Waals surface area contributed by atoms with Gasteiger partial charge in [-0.2, -0.15) is 26.3 Å². The fourth-order valence-corrected chi connectivity index (χ4v) is 6.49. The van der Waals surface area contributed by atoms with Crippen LogP contribution in [-0.4, -0.2) is 29.1 Å².